The van der Waals surface area contributed by atoms with E-state index in [0.29, 0.717) is 6.04 Å². The molecule has 0 radical (unpaired) electrons. The van der Waals surface area contributed by atoms with Crippen molar-refractivity contribution in [3.05, 3.63) is 17.3 Å². The molecule has 1 fully saturated rings. The smallest absolute Gasteiger partial charge is 0.150 e. The number of anilines is 1. The van der Waals surface area contributed by atoms with Gasteiger partial charge in [-0.15, -0.1) is 11.3 Å². The zero-order chi connectivity index (χ0) is 13.2. The first-order chi connectivity index (χ1) is 9.31. The molecule has 2 aromatic rings. The van der Waals surface area contributed by atoms with Gasteiger partial charge in [0.05, 0.1) is 10.2 Å². The Labute approximate surface area is 117 Å². The summed E-state index contributed by atoms with van der Waals surface area (Å²) in [5, 5.41) is 5.49. The summed E-state index contributed by atoms with van der Waals surface area (Å²) in [7, 11) is 2.03. The lowest BCUT2D eigenvalue weighted by Crippen LogP contribution is -2.45. The normalized spacial score (nSPS) is 20.1. The first kappa shape index (κ1) is 12.8. The van der Waals surface area contributed by atoms with E-state index in [1.165, 1.54) is 29.5 Å². The number of fused-ring (bicyclic) bond motifs is 1. The number of rotatable bonds is 3. The largest absolute Gasteiger partial charge is 0.351 e. The lowest BCUT2D eigenvalue weighted by Gasteiger charge is -2.36. The molecule has 1 unspecified atom stereocenters. The van der Waals surface area contributed by atoms with E-state index >= 15 is 0 Å². The molecule has 0 saturated carbocycles. The second-order valence-corrected chi connectivity index (χ2v) is 6.07. The van der Waals surface area contributed by atoms with Gasteiger partial charge in [0.1, 0.15) is 12.1 Å². The van der Waals surface area contributed by atoms with Crippen LogP contribution in [0.3, 0.4) is 0 Å². The molecule has 4 nitrogen and oxygen atoms in total. The van der Waals surface area contributed by atoms with Gasteiger partial charge in [-0.05, 0) is 44.2 Å². The van der Waals surface area contributed by atoms with Crippen molar-refractivity contribution in [3.8, 4) is 0 Å². The van der Waals surface area contributed by atoms with Gasteiger partial charge < -0.3 is 10.2 Å². The Morgan fingerprint density at radius 3 is 3.16 bits per heavy atom. The van der Waals surface area contributed by atoms with E-state index in [0.717, 1.165) is 24.4 Å². The molecule has 0 spiro atoms. The van der Waals surface area contributed by atoms with Crippen molar-refractivity contribution >= 4 is 27.4 Å². The van der Waals surface area contributed by atoms with Crippen molar-refractivity contribution in [2.24, 2.45) is 0 Å². The standard InChI is InChI=1S/C14H20N4S/c1-10-8-19-13-12(10)16-9-17-14(13)18-6-4-3-5-11(18)7-15-2/h8-9,11,15H,3-7H2,1-2H3. The molecule has 1 N–H and O–H groups in total. The molecule has 0 aromatic carbocycles. The van der Waals surface area contributed by atoms with Crippen molar-refractivity contribution in [2.75, 3.05) is 25.0 Å². The molecule has 102 valence electrons. The van der Waals surface area contributed by atoms with Crippen LogP contribution in [0.5, 0.6) is 0 Å². The Hall–Kier alpha value is -1.20. The zero-order valence-electron chi connectivity index (χ0n) is 11.5. The van der Waals surface area contributed by atoms with Gasteiger partial charge in [0.2, 0.25) is 0 Å². The van der Waals surface area contributed by atoms with Crippen LogP contribution in [-0.4, -0.2) is 36.1 Å². The van der Waals surface area contributed by atoms with Crippen LogP contribution in [0, 0.1) is 6.92 Å². The summed E-state index contributed by atoms with van der Waals surface area (Å²) in [6.07, 6.45) is 5.54. The summed E-state index contributed by atoms with van der Waals surface area (Å²) in [4.78, 5) is 11.5. The predicted octanol–water partition coefficient (Wildman–Crippen LogP) is 2.58. The number of aryl methyl sites for hydroxylation is 1. The molecule has 3 rings (SSSR count). The van der Waals surface area contributed by atoms with Crippen LogP contribution >= 0.6 is 11.3 Å². The molecule has 0 bridgehead atoms. The second kappa shape index (κ2) is 5.43. The monoisotopic (exact) mass is 276 g/mol. The summed E-state index contributed by atoms with van der Waals surface area (Å²) in [5.74, 6) is 1.13. The number of nitrogens with zero attached hydrogens (tertiary/aromatic N) is 3. The maximum absolute atomic E-state index is 4.57. The third-order valence-electron chi connectivity index (χ3n) is 3.85. The highest BCUT2D eigenvalue weighted by molar-refractivity contribution is 7.18. The molecule has 3 heterocycles. The maximum atomic E-state index is 4.57. The lowest BCUT2D eigenvalue weighted by molar-refractivity contribution is 0.444. The van der Waals surface area contributed by atoms with Crippen LogP contribution in [-0.2, 0) is 0 Å². The van der Waals surface area contributed by atoms with Gasteiger partial charge in [-0.1, -0.05) is 0 Å². The van der Waals surface area contributed by atoms with Gasteiger partial charge in [0.25, 0.3) is 0 Å². The molecular formula is C14H20N4S. The summed E-state index contributed by atoms with van der Waals surface area (Å²) >= 11 is 1.77. The van der Waals surface area contributed by atoms with E-state index in [4.69, 9.17) is 0 Å². The number of aromatic nitrogens is 2. The van der Waals surface area contributed by atoms with Crippen LogP contribution in [0.2, 0.25) is 0 Å². The summed E-state index contributed by atoms with van der Waals surface area (Å²) in [6.45, 7) is 4.25. The minimum Gasteiger partial charge on any atom is -0.351 e. The fourth-order valence-corrected chi connectivity index (χ4v) is 3.90. The molecule has 1 saturated heterocycles. The summed E-state index contributed by atoms with van der Waals surface area (Å²) in [6, 6.07) is 0.555. The predicted molar refractivity (Wildman–Crippen MR) is 81.1 cm³/mol. The quantitative estimate of drug-likeness (QED) is 0.935. The Morgan fingerprint density at radius 2 is 2.32 bits per heavy atom. The van der Waals surface area contributed by atoms with Gasteiger partial charge in [-0.25, -0.2) is 9.97 Å². The van der Waals surface area contributed by atoms with Crippen molar-refractivity contribution in [1.29, 1.82) is 0 Å². The molecular weight excluding hydrogens is 256 g/mol. The summed E-state index contributed by atoms with van der Waals surface area (Å²) in [5.41, 5.74) is 2.37. The minimum atomic E-state index is 0.555. The number of nitrogens with one attached hydrogen (secondary N) is 1. The first-order valence-corrected chi connectivity index (χ1v) is 7.79. The van der Waals surface area contributed by atoms with Gasteiger partial charge in [0, 0.05) is 19.1 Å². The van der Waals surface area contributed by atoms with E-state index in [-0.39, 0.29) is 0 Å². The summed E-state index contributed by atoms with van der Waals surface area (Å²) < 4.78 is 1.24. The van der Waals surface area contributed by atoms with Gasteiger partial charge in [-0.3, -0.25) is 0 Å². The first-order valence-electron chi connectivity index (χ1n) is 6.91. The molecule has 0 aliphatic carbocycles. The van der Waals surface area contributed by atoms with Gasteiger partial charge >= 0.3 is 0 Å². The number of thiophene rings is 1. The number of hydrogen-bond acceptors (Lipinski definition) is 5. The van der Waals surface area contributed by atoms with Crippen molar-refractivity contribution in [1.82, 2.24) is 15.3 Å². The van der Waals surface area contributed by atoms with E-state index < -0.39 is 0 Å². The van der Waals surface area contributed by atoms with Crippen LogP contribution in [0.1, 0.15) is 24.8 Å². The average Bonchev–Trinajstić information content (AvgIpc) is 2.82. The van der Waals surface area contributed by atoms with E-state index in [9.17, 15) is 0 Å². The van der Waals surface area contributed by atoms with Crippen molar-refractivity contribution in [2.45, 2.75) is 32.2 Å². The highest BCUT2D eigenvalue weighted by Gasteiger charge is 2.25. The van der Waals surface area contributed by atoms with E-state index in [2.05, 4.69) is 32.5 Å². The highest BCUT2D eigenvalue weighted by Crippen LogP contribution is 2.33. The Morgan fingerprint density at radius 1 is 1.42 bits per heavy atom. The molecule has 0 amide bonds. The average molecular weight is 276 g/mol. The van der Waals surface area contributed by atoms with Crippen LogP contribution in [0.25, 0.3) is 10.2 Å². The molecule has 1 aliphatic heterocycles. The SMILES string of the molecule is CNCC1CCCCN1c1ncnc2c(C)csc12. The molecule has 1 aliphatic rings. The Bertz CT molecular complexity index is 564. The third kappa shape index (κ3) is 2.32. The fourth-order valence-electron chi connectivity index (χ4n) is 2.89. The molecule has 2 aromatic heterocycles. The maximum Gasteiger partial charge on any atom is 0.150 e. The minimum absolute atomic E-state index is 0.555. The number of hydrogen-bond donors (Lipinski definition) is 1. The Kier molecular flexibility index (Phi) is 3.66. The van der Waals surface area contributed by atoms with Crippen LogP contribution in [0.4, 0.5) is 5.82 Å². The van der Waals surface area contributed by atoms with Crippen LogP contribution in [0.15, 0.2) is 11.7 Å². The highest BCUT2D eigenvalue weighted by atomic mass is 32.1. The molecule has 1 atom stereocenters. The second-order valence-electron chi connectivity index (χ2n) is 5.19. The van der Waals surface area contributed by atoms with Gasteiger partial charge in [0.15, 0.2) is 0 Å². The van der Waals surface area contributed by atoms with E-state index in [1.807, 2.05) is 7.05 Å². The number of piperidine rings is 1. The van der Waals surface area contributed by atoms with Gasteiger partial charge in [-0.2, -0.15) is 0 Å². The lowest BCUT2D eigenvalue weighted by atomic mass is 10.0. The fraction of sp³-hybridized carbons (Fsp3) is 0.571. The van der Waals surface area contributed by atoms with Crippen LogP contribution < -0.4 is 10.2 Å². The van der Waals surface area contributed by atoms with Crippen molar-refractivity contribution < 1.29 is 0 Å². The molecule has 19 heavy (non-hydrogen) atoms. The Balaban J connectivity index is 2.01. The topological polar surface area (TPSA) is 41.0 Å². The zero-order valence-corrected chi connectivity index (χ0v) is 12.3. The van der Waals surface area contributed by atoms with Crippen molar-refractivity contribution in [3.63, 3.8) is 0 Å². The van der Waals surface area contributed by atoms with E-state index in [1.54, 1.807) is 17.7 Å². The third-order valence-corrected chi connectivity index (χ3v) is 4.93. The molecule has 5 heteroatoms. The number of likely N-dealkylation sites (N-methyl/N-ethyl adjacent to an activating group) is 1.